The fourth-order valence-electron chi connectivity index (χ4n) is 1.61. The summed E-state index contributed by atoms with van der Waals surface area (Å²) in [4.78, 5) is 4.36. The summed E-state index contributed by atoms with van der Waals surface area (Å²) < 4.78 is 1.96. The van der Waals surface area contributed by atoms with E-state index in [0.717, 1.165) is 23.5 Å². The topological polar surface area (TPSA) is 30.2 Å². The van der Waals surface area contributed by atoms with Crippen molar-refractivity contribution in [2.24, 2.45) is 0 Å². The summed E-state index contributed by atoms with van der Waals surface area (Å²) in [5, 5.41) is 4.57. The molecule has 0 saturated carbocycles. The molecule has 0 atom stereocenters. The van der Waals surface area contributed by atoms with E-state index in [1.807, 2.05) is 22.8 Å². The van der Waals surface area contributed by atoms with Crippen molar-refractivity contribution in [3.63, 3.8) is 0 Å². The lowest BCUT2D eigenvalue weighted by Crippen LogP contribution is -2.15. The van der Waals surface area contributed by atoms with Crippen LogP contribution < -0.4 is 0 Å². The highest BCUT2D eigenvalue weighted by Crippen LogP contribution is 2.22. The van der Waals surface area contributed by atoms with E-state index in [1.165, 1.54) is 0 Å². The molecule has 0 aliphatic heterocycles. The van der Waals surface area contributed by atoms with Gasteiger partial charge in [-0.25, -0.2) is 9.50 Å². The molecule has 2 rings (SSSR count). The highest BCUT2D eigenvalue weighted by molar-refractivity contribution is 5.40. The maximum atomic E-state index is 4.57. The normalized spacial score (nSPS) is 12.3. The van der Waals surface area contributed by atoms with E-state index in [9.17, 15) is 0 Å². The molecule has 2 aromatic rings. The van der Waals surface area contributed by atoms with E-state index in [0.29, 0.717) is 0 Å². The molecule has 0 N–H and O–H groups in total. The second kappa shape index (κ2) is 3.33. The van der Waals surface area contributed by atoms with Crippen molar-refractivity contribution in [2.45, 2.75) is 39.5 Å². The number of hydrogen-bond donors (Lipinski definition) is 0. The largest absolute Gasteiger partial charge is 0.235 e. The summed E-state index contributed by atoms with van der Waals surface area (Å²) in [6, 6.07) is 4.07. The molecule has 3 nitrogen and oxygen atoms in total. The molecule has 2 heterocycles. The lowest BCUT2D eigenvalue weighted by molar-refractivity contribution is 0.549. The molecule has 15 heavy (non-hydrogen) atoms. The van der Waals surface area contributed by atoms with Crippen LogP contribution >= 0.6 is 0 Å². The van der Waals surface area contributed by atoms with Crippen LogP contribution in [0.4, 0.5) is 0 Å². The summed E-state index contributed by atoms with van der Waals surface area (Å²) >= 11 is 0. The Morgan fingerprint density at radius 3 is 2.60 bits per heavy atom. The van der Waals surface area contributed by atoms with Crippen LogP contribution in [0, 0.1) is 0 Å². The van der Waals surface area contributed by atoms with Gasteiger partial charge in [0.1, 0.15) is 0 Å². The van der Waals surface area contributed by atoms with E-state index in [1.54, 1.807) is 0 Å². The average molecular weight is 203 g/mol. The lowest BCUT2D eigenvalue weighted by Gasteiger charge is -2.16. The third kappa shape index (κ3) is 1.74. The van der Waals surface area contributed by atoms with Crippen LogP contribution in [-0.4, -0.2) is 14.6 Å². The summed E-state index contributed by atoms with van der Waals surface area (Å²) in [7, 11) is 0. The van der Waals surface area contributed by atoms with Gasteiger partial charge in [-0.3, -0.25) is 0 Å². The van der Waals surface area contributed by atoms with Gasteiger partial charge in [-0.2, -0.15) is 5.10 Å². The monoisotopic (exact) mass is 203 g/mol. The first kappa shape index (κ1) is 10.1. The molecule has 0 radical (unpaired) electrons. The second-order valence-corrected chi connectivity index (χ2v) is 4.84. The minimum absolute atomic E-state index is 0.0821. The lowest BCUT2D eigenvalue weighted by atomic mass is 9.93. The van der Waals surface area contributed by atoms with Crippen molar-refractivity contribution in [3.05, 3.63) is 29.7 Å². The molecule has 0 aliphatic rings. The zero-order valence-electron chi connectivity index (χ0n) is 9.78. The summed E-state index contributed by atoms with van der Waals surface area (Å²) in [5.41, 5.74) is 3.27. The minimum Gasteiger partial charge on any atom is -0.235 e. The standard InChI is InChI=1S/C12H17N3/c1-5-9-6-7-11-13-8-10(12(2,3)4)15(11)14-9/h6-8H,5H2,1-4H3. The zero-order valence-corrected chi connectivity index (χ0v) is 9.78. The number of aromatic nitrogens is 3. The number of imidazole rings is 1. The molecule has 0 amide bonds. The van der Waals surface area contributed by atoms with E-state index >= 15 is 0 Å². The van der Waals surface area contributed by atoms with Gasteiger partial charge in [-0.15, -0.1) is 0 Å². The Balaban J connectivity index is 2.67. The van der Waals surface area contributed by atoms with Crippen LogP contribution in [0.25, 0.3) is 5.65 Å². The van der Waals surface area contributed by atoms with E-state index in [2.05, 4.69) is 37.8 Å². The van der Waals surface area contributed by atoms with Crippen LogP contribution in [0.3, 0.4) is 0 Å². The first-order chi connectivity index (χ1) is 7.02. The molecule has 0 saturated heterocycles. The molecule has 0 aromatic carbocycles. The van der Waals surface area contributed by atoms with Crippen LogP contribution in [0.1, 0.15) is 39.1 Å². The Morgan fingerprint density at radius 1 is 1.27 bits per heavy atom. The predicted molar refractivity (Wildman–Crippen MR) is 61.1 cm³/mol. The molecule has 0 aliphatic carbocycles. The summed E-state index contributed by atoms with van der Waals surface area (Å²) in [6.45, 7) is 8.64. The van der Waals surface area contributed by atoms with Crippen molar-refractivity contribution < 1.29 is 0 Å². The Labute approximate surface area is 90.1 Å². The summed E-state index contributed by atoms with van der Waals surface area (Å²) in [6.07, 6.45) is 2.87. The van der Waals surface area contributed by atoms with Crippen LogP contribution in [0.2, 0.25) is 0 Å². The molecular formula is C12H17N3. The van der Waals surface area contributed by atoms with Crippen molar-refractivity contribution in [1.29, 1.82) is 0 Å². The predicted octanol–water partition coefficient (Wildman–Crippen LogP) is 2.59. The third-order valence-corrected chi connectivity index (χ3v) is 2.55. The quantitative estimate of drug-likeness (QED) is 0.713. The maximum absolute atomic E-state index is 4.57. The molecular weight excluding hydrogens is 186 g/mol. The van der Waals surface area contributed by atoms with Gasteiger partial charge in [0.05, 0.1) is 17.6 Å². The SMILES string of the molecule is CCc1ccc2ncc(C(C)(C)C)n2n1. The van der Waals surface area contributed by atoms with Gasteiger partial charge in [0.25, 0.3) is 0 Å². The van der Waals surface area contributed by atoms with E-state index in [-0.39, 0.29) is 5.41 Å². The Morgan fingerprint density at radius 2 is 2.00 bits per heavy atom. The Bertz CT molecular complexity index is 477. The Hall–Kier alpha value is -1.38. The highest BCUT2D eigenvalue weighted by Gasteiger charge is 2.19. The van der Waals surface area contributed by atoms with Crippen LogP contribution in [-0.2, 0) is 11.8 Å². The number of fused-ring (bicyclic) bond motifs is 1. The number of nitrogens with zero attached hydrogens (tertiary/aromatic N) is 3. The van der Waals surface area contributed by atoms with Gasteiger partial charge < -0.3 is 0 Å². The second-order valence-electron chi connectivity index (χ2n) is 4.84. The smallest absolute Gasteiger partial charge is 0.153 e. The van der Waals surface area contributed by atoms with E-state index < -0.39 is 0 Å². The van der Waals surface area contributed by atoms with Crippen LogP contribution in [0.15, 0.2) is 18.3 Å². The molecule has 0 unspecified atom stereocenters. The van der Waals surface area contributed by atoms with Gasteiger partial charge in [-0.1, -0.05) is 27.7 Å². The molecule has 0 spiro atoms. The van der Waals surface area contributed by atoms with Gasteiger partial charge >= 0.3 is 0 Å². The maximum Gasteiger partial charge on any atom is 0.153 e. The van der Waals surface area contributed by atoms with Gasteiger partial charge in [0.15, 0.2) is 5.65 Å². The van der Waals surface area contributed by atoms with Crippen LogP contribution in [0.5, 0.6) is 0 Å². The fraction of sp³-hybridized carbons (Fsp3) is 0.500. The molecule has 0 fully saturated rings. The van der Waals surface area contributed by atoms with E-state index in [4.69, 9.17) is 0 Å². The fourth-order valence-corrected chi connectivity index (χ4v) is 1.61. The zero-order chi connectivity index (χ0) is 11.1. The number of hydrogen-bond acceptors (Lipinski definition) is 2. The van der Waals surface area contributed by atoms with Crippen molar-refractivity contribution in [1.82, 2.24) is 14.6 Å². The van der Waals surface area contributed by atoms with Gasteiger partial charge in [0.2, 0.25) is 0 Å². The third-order valence-electron chi connectivity index (χ3n) is 2.55. The number of rotatable bonds is 1. The van der Waals surface area contributed by atoms with Gasteiger partial charge in [-0.05, 0) is 18.6 Å². The molecule has 2 aromatic heterocycles. The minimum atomic E-state index is 0.0821. The molecule has 3 heteroatoms. The first-order valence-corrected chi connectivity index (χ1v) is 5.36. The van der Waals surface area contributed by atoms with Crippen molar-refractivity contribution in [3.8, 4) is 0 Å². The van der Waals surface area contributed by atoms with Crippen molar-refractivity contribution in [2.75, 3.05) is 0 Å². The molecule has 0 bridgehead atoms. The Kier molecular flexibility index (Phi) is 2.25. The first-order valence-electron chi connectivity index (χ1n) is 5.36. The molecule has 80 valence electrons. The summed E-state index contributed by atoms with van der Waals surface area (Å²) in [5.74, 6) is 0. The number of aryl methyl sites for hydroxylation is 1. The van der Waals surface area contributed by atoms with Crippen molar-refractivity contribution >= 4 is 5.65 Å². The highest BCUT2D eigenvalue weighted by atomic mass is 15.3. The van der Waals surface area contributed by atoms with Gasteiger partial charge in [0, 0.05) is 5.41 Å². The average Bonchev–Trinajstić information content (AvgIpc) is 2.59.